The normalized spacial score (nSPS) is 24.0. The highest BCUT2D eigenvalue weighted by atomic mass is 35.5. The Morgan fingerprint density at radius 2 is 2.06 bits per heavy atom. The molecule has 3 saturated heterocycles. The molecule has 0 saturated carbocycles. The number of hydrogen-bond donors (Lipinski definition) is 1. The second kappa shape index (κ2) is 12.4. The first kappa shape index (κ1) is 33.3. The summed E-state index contributed by atoms with van der Waals surface area (Å²) < 4.78 is 73.0. The minimum atomic E-state index is -2.19. The van der Waals surface area contributed by atoms with Gasteiger partial charge >= 0.3 is 6.01 Å². The number of carbonyl (C=O) groups is 1. The molecule has 8 rings (SSSR count). The summed E-state index contributed by atoms with van der Waals surface area (Å²) in [5.41, 5.74) is 3.05. The van der Waals surface area contributed by atoms with Crippen molar-refractivity contribution >= 4 is 72.3 Å². The van der Waals surface area contributed by atoms with Crippen molar-refractivity contribution in [1.82, 2.24) is 19.8 Å². The Kier molecular flexibility index (Phi) is 8.28. The van der Waals surface area contributed by atoms with Gasteiger partial charge in [-0.2, -0.15) is 15.2 Å². The molecule has 1 amide bonds. The summed E-state index contributed by atoms with van der Waals surface area (Å²) in [6, 6.07) is 3.93. The average Bonchev–Trinajstić information content (AvgIpc) is 3.84. The molecule has 3 fully saturated rings. The number of nitrogens with zero attached hydrogens (tertiary/aromatic N) is 6. The molecule has 2 unspecified atom stereocenters. The van der Waals surface area contributed by atoms with Crippen molar-refractivity contribution in [3.63, 3.8) is 0 Å². The van der Waals surface area contributed by atoms with Crippen LogP contribution in [-0.4, -0.2) is 95.0 Å². The number of likely N-dealkylation sites (tertiary alicyclic amines) is 1. The summed E-state index contributed by atoms with van der Waals surface area (Å²) in [5.74, 6) is -2.09. The topological polar surface area (TPSA) is 121 Å². The number of rotatable bonds is 6. The van der Waals surface area contributed by atoms with Gasteiger partial charge in [0.1, 0.15) is 47.6 Å². The van der Waals surface area contributed by atoms with Gasteiger partial charge in [0.2, 0.25) is 0 Å². The maximum atomic E-state index is 17.2. The maximum absolute atomic E-state index is 17.2. The molecular formula is C33H29Cl2F4N7O3S. The molecule has 10 nitrogen and oxygen atoms in total. The zero-order valence-corrected chi connectivity index (χ0v) is 28.7. The summed E-state index contributed by atoms with van der Waals surface area (Å²) in [5, 5.41) is 10.1. The second-order valence-electron chi connectivity index (χ2n) is 13.1. The van der Waals surface area contributed by atoms with Crippen LogP contribution in [0.5, 0.6) is 11.8 Å². The molecule has 0 radical (unpaired) electrons. The number of halogens is 6. The van der Waals surface area contributed by atoms with Gasteiger partial charge in [-0.1, -0.05) is 29.3 Å². The zero-order valence-electron chi connectivity index (χ0n) is 26.3. The van der Waals surface area contributed by atoms with E-state index in [-0.39, 0.29) is 104 Å². The van der Waals surface area contributed by atoms with Crippen molar-refractivity contribution in [3.05, 3.63) is 34.4 Å². The van der Waals surface area contributed by atoms with E-state index >= 15 is 4.39 Å². The fourth-order valence-corrected chi connectivity index (χ4v) is 9.50. The van der Waals surface area contributed by atoms with Crippen LogP contribution in [0.3, 0.4) is 0 Å². The Balaban J connectivity index is 1.31. The first-order chi connectivity index (χ1) is 24.0. The van der Waals surface area contributed by atoms with Gasteiger partial charge in [0.25, 0.3) is 11.5 Å². The second-order valence-corrected chi connectivity index (χ2v) is 14.9. The van der Waals surface area contributed by atoms with Gasteiger partial charge in [-0.3, -0.25) is 9.69 Å². The fourth-order valence-electron chi connectivity index (χ4n) is 8.08. The van der Waals surface area contributed by atoms with Crippen LogP contribution in [0, 0.1) is 23.0 Å². The lowest BCUT2D eigenvalue weighted by Crippen LogP contribution is -2.44. The summed E-state index contributed by atoms with van der Waals surface area (Å²) in [4.78, 5) is 26.9. The maximum Gasteiger partial charge on any atom is 0.319 e. The first-order valence-corrected chi connectivity index (χ1v) is 17.8. The number of carbonyl (C=O) groups excluding carboxylic acids is 1. The summed E-state index contributed by atoms with van der Waals surface area (Å²) in [7, 11) is 0. The van der Waals surface area contributed by atoms with Crippen LogP contribution in [-0.2, 0) is 4.79 Å². The van der Waals surface area contributed by atoms with Crippen molar-refractivity contribution in [2.24, 2.45) is 0 Å². The molecule has 0 spiro atoms. The largest absolute Gasteiger partial charge is 0.489 e. The number of ether oxygens (including phenoxy) is 2. The van der Waals surface area contributed by atoms with Crippen molar-refractivity contribution in [2.45, 2.75) is 49.1 Å². The Morgan fingerprint density at radius 3 is 2.84 bits per heavy atom. The van der Waals surface area contributed by atoms with E-state index in [9.17, 15) is 23.2 Å². The van der Waals surface area contributed by atoms with E-state index in [0.717, 1.165) is 36.8 Å². The summed E-state index contributed by atoms with van der Waals surface area (Å²) in [6.45, 7) is 1.76. The molecule has 2 aromatic carbocycles. The van der Waals surface area contributed by atoms with Crippen LogP contribution < -0.4 is 20.1 Å². The molecule has 50 heavy (non-hydrogen) atoms. The predicted octanol–water partition coefficient (Wildman–Crippen LogP) is 6.19. The lowest BCUT2D eigenvalue weighted by Gasteiger charge is -2.31. The smallest absolute Gasteiger partial charge is 0.319 e. The third kappa shape index (κ3) is 5.17. The van der Waals surface area contributed by atoms with Crippen LogP contribution in [0.1, 0.15) is 31.2 Å². The zero-order chi connectivity index (χ0) is 35.1. The number of alkyl halides is 3. The van der Waals surface area contributed by atoms with Gasteiger partial charge in [0.05, 0.1) is 32.8 Å². The van der Waals surface area contributed by atoms with Gasteiger partial charge in [-0.15, -0.1) is 11.3 Å². The molecule has 0 bridgehead atoms. The van der Waals surface area contributed by atoms with Crippen LogP contribution in [0.15, 0.2) is 12.1 Å². The number of fused-ring (bicyclic) bond motifs is 2. The van der Waals surface area contributed by atoms with Gasteiger partial charge in [-0.05, 0) is 37.4 Å². The molecule has 6 heterocycles. The highest BCUT2D eigenvalue weighted by Crippen LogP contribution is 2.51. The van der Waals surface area contributed by atoms with Gasteiger partial charge in [0.15, 0.2) is 11.6 Å². The van der Waals surface area contributed by atoms with Gasteiger partial charge in [0, 0.05) is 43.0 Å². The minimum Gasteiger partial charge on any atom is -0.489 e. The standard InChI is InChI=1S/C33H29Cl2F4N7O3S/c34-23-21(17-2-3-19(37)27-20(17)18(11-40)29(41)50-27)24(38)25-22-26(23)48-9-8-46(16-4-7-44(13-16)31(47)28(35)39)30(22)43-32(42-25)49-14-33-5-1-6-45(33)12-15(36)10-33/h2-3,15-16,28H,1,4-10,12-14,41H2/t15-,16?,28?,33+/m1/s1. The number of amides is 1. The van der Waals surface area contributed by atoms with Crippen LogP contribution in [0.4, 0.5) is 28.4 Å². The molecule has 262 valence electrons. The number of nitrogen functional groups attached to an aromatic ring is 1. The van der Waals surface area contributed by atoms with E-state index in [0.29, 0.717) is 19.4 Å². The quantitative estimate of drug-likeness (QED) is 0.182. The lowest BCUT2D eigenvalue weighted by molar-refractivity contribution is -0.132. The minimum absolute atomic E-state index is 0.0173. The third-order valence-electron chi connectivity index (χ3n) is 10.3. The molecule has 2 aromatic heterocycles. The van der Waals surface area contributed by atoms with Crippen molar-refractivity contribution < 1.29 is 31.8 Å². The van der Waals surface area contributed by atoms with Crippen LogP contribution >= 0.6 is 34.5 Å². The lowest BCUT2D eigenvalue weighted by atomic mass is 9.95. The Bertz CT molecular complexity index is 2120. The van der Waals surface area contributed by atoms with E-state index < -0.39 is 34.9 Å². The first-order valence-electron chi connectivity index (χ1n) is 16.1. The monoisotopic (exact) mass is 749 g/mol. The van der Waals surface area contributed by atoms with E-state index in [2.05, 4.69) is 9.88 Å². The number of hydrogen-bond acceptors (Lipinski definition) is 10. The van der Waals surface area contributed by atoms with Gasteiger partial charge < -0.3 is 25.0 Å². The summed E-state index contributed by atoms with van der Waals surface area (Å²) in [6.07, 6.45) is 1.33. The molecular weight excluding hydrogens is 721 g/mol. The molecule has 4 aromatic rings. The van der Waals surface area contributed by atoms with Crippen LogP contribution in [0.2, 0.25) is 5.02 Å². The SMILES string of the molecule is N#Cc1c(N)sc2c(F)ccc(-c3c(Cl)c4c5c(nc(OC[C@@]67CCCN6C[C@H](F)C7)nc5c3F)N(C3CCN(C(=O)C(F)Cl)C3)CCO4)c12. The third-order valence-corrected chi connectivity index (χ3v) is 11.9. The number of benzene rings is 2. The molecule has 2 N–H and O–H groups in total. The Morgan fingerprint density at radius 1 is 1.24 bits per heavy atom. The Hall–Kier alpha value is -3.84. The molecule has 4 aliphatic rings. The molecule has 0 aliphatic carbocycles. The number of aromatic nitrogens is 2. The van der Waals surface area contributed by atoms with E-state index in [1.807, 2.05) is 11.0 Å². The number of anilines is 2. The molecule has 4 aliphatic heterocycles. The number of thiophene rings is 1. The highest BCUT2D eigenvalue weighted by Gasteiger charge is 2.49. The van der Waals surface area contributed by atoms with E-state index in [1.54, 1.807) is 0 Å². The molecule has 4 atom stereocenters. The Labute approximate surface area is 297 Å². The number of nitrogens with two attached hydrogens (primary N) is 1. The fraction of sp³-hybridized carbons (Fsp3) is 0.455. The van der Waals surface area contributed by atoms with Crippen molar-refractivity contribution in [3.8, 4) is 29.0 Å². The van der Waals surface area contributed by atoms with E-state index in [4.69, 9.17) is 43.4 Å². The molecule has 17 heteroatoms. The van der Waals surface area contributed by atoms with Crippen molar-refractivity contribution in [2.75, 3.05) is 56.6 Å². The summed E-state index contributed by atoms with van der Waals surface area (Å²) >= 11 is 13.3. The number of nitriles is 1. The predicted molar refractivity (Wildman–Crippen MR) is 182 cm³/mol. The van der Waals surface area contributed by atoms with Crippen molar-refractivity contribution in [1.29, 1.82) is 5.26 Å². The van der Waals surface area contributed by atoms with Crippen LogP contribution in [0.25, 0.3) is 32.1 Å². The highest BCUT2D eigenvalue weighted by molar-refractivity contribution is 7.23. The van der Waals surface area contributed by atoms with Gasteiger partial charge in [-0.25, -0.2) is 17.6 Å². The average molecular weight is 751 g/mol. The van der Waals surface area contributed by atoms with E-state index in [1.165, 1.54) is 11.0 Å².